The van der Waals surface area contributed by atoms with Gasteiger partial charge in [0, 0.05) is 31.5 Å². The SMILES string of the molecule is Cn1nccc1C(=O)N1CCOCCOc2ccccc2Oc2ncccc2C1. The molecule has 0 radical (unpaired) electrons. The number of rotatable bonds is 1. The quantitative estimate of drug-likeness (QED) is 0.631. The summed E-state index contributed by atoms with van der Waals surface area (Å²) in [6, 6.07) is 12.9. The number of carbonyl (C=O) groups excluding carboxylic acids is 1. The second-order valence-corrected chi connectivity index (χ2v) is 6.54. The van der Waals surface area contributed by atoms with E-state index in [1.54, 1.807) is 35.1 Å². The van der Waals surface area contributed by atoms with Gasteiger partial charge < -0.3 is 19.1 Å². The molecule has 8 nitrogen and oxygen atoms in total. The molecule has 1 amide bonds. The number of amides is 1. The highest BCUT2D eigenvalue weighted by atomic mass is 16.5. The van der Waals surface area contributed by atoms with E-state index in [4.69, 9.17) is 14.2 Å². The zero-order valence-electron chi connectivity index (χ0n) is 16.2. The number of aryl methyl sites for hydroxylation is 1. The number of fused-ring (bicyclic) bond motifs is 2. The molecule has 0 aliphatic carbocycles. The number of aromatic nitrogens is 3. The Hall–Kier alpha value is -3.39. The van der Waals surface area contributed by atoms with Crippen LogP contribution in [0.1, 0.15) is 16.1 Å². The number of ether oxygens (including phenoxy) is 3. The minimum Gasteiger partial charge on any atom is -0.487 e. The summed E-state index contributed by atoms with van der Waals surface area (Å²) in [5.74, 6) is 1.49. The average molecular weight is 394 g/mol. The molecule has 8 heteroatoms. The Balaban J connectivity index is 1.67. The Morgan fingerprint density at radius 2 is 1.86 bits per heavy atom. The summed E-state index contributed by atoms with van der Waals surface area (Å²) in [5, 5.41) is 4.10. The van der Waals surface area contributed by atoms with Crippen LogP contribution in [0.25, 0.3) is 0 Å². The van der Waals surface area contributed by atoms with Crippen LogP contribution in [0.5, 0.6) is 17.4 Å². The number of hydrogen-bond donors (Lipinski definition) is 0. The third-order valence-corrected chi connectivity index (χ3v) is 4.58. The van der Waals surface area contributed by atoms with Gasteiger partial charge in [-0.25, -0.2) is 4.98 Å². The molecule has 3 aromatic rings. The van der Waals surface area contributed by atoms with E-state index in [0.717, 1.165) is 5.56 Å². The molecule has 150 valence electrons. The van der Waals surface area contributed by atoms with Crippen molar-refractivity contribution in [2.75, 3.05) is 26.4 Å². The molecule has 0 spiro atoms. The fraction of sp³-hybridized carbons (Fsp3) is 0.286. The van der Waals surface area contributed by atoms with Gasteiger partial charge in [0.2, 0.25) is 5.88 Å². The minimum atomic E-state index is -0.130. The first-order valence-corrected chi connectivity index (χ1v) is 9.41. The number of hydrogen-bond acceptors (Lipinski definition) is 6. The summed E-state index contributed by atoms with van der Waals surface area (Å²) >= 11 is 0. The first-order chi connectivity index (χ1) is 14.2. The molecule has 0 bridgehead atoms. The molecule has 4 rings (SSSR count). The summed E-state index contributed by atoms with van der Waals surface area (Å²) in [6.07, 6.45) is 3.27. The number of nitrogens with zero attached hydrogens (tertiary/aromatic N) is 4. The summed E-state index contributed by atoms with van der Waals surface area (Å²) in [4.78, 5) is 19.2. The largest absolute Gasteiger partial charge is 0.487 e. The molecule has 1 aliphatic heterocycles. The van der Waals surface area contributed by atoms with E-state index < -0.39 is 0 Å². The minimum absolute atomic E-state index is 0.130. The lowest BCUT2D eigenvalue weighted by molar-refractivity contribution is 0.0565. The van der Waals surface area contributed by atoms with Crippen LogP contribution in [-0.4, -0.2) is 51.9 Å². The maximum atomic E-state index is 13.1. The van der Waals surface area contributed by atoms with Gasteiger partial charge in [-0.1, -0.05) is 18.2 Å². The van der Waals surface area contributed by atoms with Crippen LogP contribution in [0.4, 0.5) is 0 Å². The van der Waals surface area contributed by atoms with Crippen LogP contribution in [-0.2, 0) is 18.3 Å². The van der Waals surface area contributed by atoms with Crippen molar-refractivity contribution in [2.24, 2.45) is 7.05 Å². The predicted octanol–water partition coefficient (Wildman–Crippen LogP) is 2.66. The van der Waals surface area contributed by atoms with Gasteiger partial charge in [-0.3, -0.25) is 9.48 Å². The van der Waals surface area contributed by atoms with Crippen LogP contribution in [0.15, 0.2) is 54.9 Å². The first-order valence-electron chi connectivity index (χ1n) is 9.41. The van der Waals surface area contributed by atoms with Crippen molar-refractivity contribution in [3.8, 4) is 17.4 Å². The highest BCUT2D eigenvalue weighted by molar-refractivity contribution is 5.92. The van der Waals surface area contributed by atoms with Crippen molar-refractivity contribution in [2.45, 2.75) is 6.54 Å². The normalized spacial score (nSPS) is 14.9. The monoisotopic (exact) mass is 394 g/mol. The topological polar surface area (TPSA) is 78.7 Å². The van der Waals surface area contributed by atoms with Crippen molar-refractivity contribution < 1.29 is 19.0 Å². The second kappa shape index (κ2) is 8.74. The molecule has 0 N–H and O–H groups in total. The van der Waals surface area contributed by atoms with Crippen LogP contribution in [0.3, 0.4) is 0 Å². The molecule has 0 saturated carbocycles. The molecule has 0 fully saturated rings. The van der Waals surface area contributed by atoms with E-state index in [1.807, 2.05) is 36.4 Å². The van der Waals surface area contributed by atoms with E-state index in [2.05, 4.69) is 10.1 Å². The predicted molar refractivity (Wildman–Crippen MR) is 105 cm³/mol. The molecular formula is C21H22N4O4. The Morgan fingerprint density at radius 3 is 2.69 bits per heavy atom. The maximum absolute atomic E-state index is 13.1. The molecule has 1 aliphatic rings. The third-order valence-electron chi connectivity index (χ3n) is 4.58. The van der Waals surface area contributed by atoms with Gasteiger partial charge in [0.1, 0.15) is 12.3 Å². The lowest BCUT2D eigenvalue weighted by atomic mass is 10.2. The van der Waals surface area contributed by atoms with Crippen molar-refractivity contribution in [3.63, 3.8) is 0 Å². The Kier molecular flexibility index (Phi) is 5.71. The Labute approximate surface area is 168 Å². The second-order valence-electron chi connectivity index (χ2n) is 6.54. The van der Waals surface area contributed by atoms with Crippen LogP contribution in [0.2, 0.25) is 0 Å². The van der Waals surface area contributed by atoms with Gasteiger partial charge >= 0.3 is 0 Å². The van der Waals surface area contributed by atoms with Gasteiger partial charge in [-0.05, 0) is 24.3 Å². The van der Waals surface area contributed by atoms with E-state index >= 15 is 0 Å². The summed E-state index contributed by atoms with van der Waals surface area (Å²) in [7, 11) is 1.75. The standard InChI is InChI=1S/C21H22N4O4/c1-24-17(8-10-23-24)21(26)25-11-12-27-13-14-28-18-6-2-3-7-19(18)29-20-16(15-25)5-4-9-22-20/h2-10H,11-15H2,1H3. The van der Waals surface area contributed by atoms with Crippen LogP contribution >= 0.6 is 0 Å². The highest BCUT2D eigenvalue weighted by Gasteiger charge is 2.21. The van der Waals surface area contributed by atoms with Gasteiger partial charge in [0.25, 0.3) is 5.91 Å². The van der Waals surface area contributed by atoms with E-state index in [9.17, 15) is 4.79 Å². The van der Waals surface area contributed by atoms with Gasteiger partial charge in [-0.2, -0.15) is 5.10 Å². The van der Waals surface area contributed by atoms with E-state index in [-0.39, 0.29) is 5.91 Å². The zero-order valence-corrected chi connectivity index (χ0v) is 16.2. The zero-order chi connectivity index (χ0) is 20.1. The summed E-state index contributed by atoms with van der Waals surface area (Å²) < 4.78 is 19.1. The van der Waals surface area contributed by atoms with Crippen LogP contribution in [0, 0.1) is 0 Å². The maximum Gasteiger partial charge on any atom is 0.272 e. The molecule has 2 aromatic heterocycles. The fourth-order valence-corrected chi connectivity index (χ4v) is 3.09. The van der Waals surface area contributed by atoms with Gasteiger partial charge in [0.15, 0.2) is 11.5 Å². The fourth-order valence-electron chi connectivity index (χ4n) is 3.09. The molecule has 0 atom stereocenters. The molecule has 0 saturated heterocycles. The number of carbonyl (C=O) groups is 1. The van der Waals surface area contributed by atoms with Crippen molar-refractivity contribution in [1.82, 2.24) is 19.7 Å². The lowest BCUT2D eigenvalue weighted by Crippen LogP contribution is -2.35. The van der Waals surface area contributed by atoms with Crippen molar-refractivity contribution in [3.05, 3.63) is 66.1 Å². The molecule has 1 aromatic carbocycles. The van der Waals surface area contributed by atoms with E-state index in [0.29, 0.717) is 56.0 Å². The molecule has 3 heterocycles. The first kappa shape index (κ1) is 18.9. The number of pyridine rings is 1. The molecular weight excluding hydrogens is 372 g/mol. The van der Waals surface area contributed by atoms with Crippen molar-refractivity contribution in [1.29, 1.82) is 0 Å². The van der Waals surface area contributed by atoms with Gasteiger partial charge in [0.05, 0.1) is 19.8 Å². The Bertz CT molecular complexity index is 988. The number of benzene rings is 1. The molecule has 0 unspecified atom stereocenters. The summed E-state index contributed by atoms with van der Waals surface area (Å²) in [6.45, 7) is 1.94. The van der Waals surface area contributed by atoms with E-state index in [1.165, 1.54) is 0 Å². The average Bonchev–Trinajstić information content (AvgIpc) is 3.17. The smallest absolute Gasteiger partial charge is 0.272 e. The highest BCUT2D eigenvalue weighted by Crippen LogP contribution is 2.32. The van der Waals surface area contributed by atoms with Crippen LogP contribution < -0.4 is 9.47 Å². The lowest BCUT2D eigenvalue weighted by Gasteiger charge is -2.23. The van der Waals surface area contributed by atoms with Gasteiger partial charge in [-0.15, -0.1) is 0 Å². The van der Waals surface area contributed by atoms with Crippen molar-refractivity contribution >= 4 is 5.91 Å². The number of para-hydroxylation sites is 2. The molecule has 29 heavy (non-hydrogen) atoms. The third kappa shape index (κ3) is 4.38. The Morgan fingerprint density at radius 1 is 1.00 bits per heavy atom. The summed E-state index contributed by atoms with van der Waals surface area (Å²) in [5.41, 5.74) is 1.30.